The zero-order valence-corrected chi connectivity index (χ0v) is 14.2. The molecule has 0 spiro atoms. The molecular formula is C19H21FN2O2. The highest BCUT2D eigenvalue weighted by Crippen LogP contribution is 2.40. The van der Waals surface area contributed by atoms with Crippen molar-refractivity contribution >= 4 is 11.7 Å². The van der Waals surface area contributed by atoms with E-state index in [-0.39, 0.29) is 18.2 Å². The Morgan fingerprint density at radius 1 is 1.38 bits per heavy atom. The molecule has 1 fully saturated rings. The van der Waals surface area contributed by atoms with E-state index >= 15 is 0 Å². The zero-order chi connectivity index (χ0) is 17.5. The SMILES string of the molecule is CC(C)(C)OC(=O)N1C2C=C(c3ccc(F)cc3C#N)CC1CC2. The molecule has 5 heteroatoms. The van der Waals surface area contributed by atoms with Crippen molar-refractivity contribution in [2.24, 2.45) is 0 Å². The van der Waals surface area contributed by atoms with Crippen LogP contribution in [0.15, 0.2) is 24.3 Å². The molecule has 1 saturated heterocycles. The fraction of sp³-hybridized carbons (Fsp3) is 0.474. The van der Waals surface area contributed by atoms with Crippen LogP contribution in [0.25, 0.3) is 5.57 Å². The lowest BCUT2D eigenvalue weighted by Gasteiger charge is -2.35. The minimum atomic E-state index is -0.522. The normalized spacial score (nSPS) is 22.8. The second kappa shape index (κ2) is 5.94. The van der Waals surface area contributed by atoms with Gasteiger partial charge in [-0.3, -0.25) is 4.90 Å². The van der Waals surface area contributed by atoms with Crippen LogP contribution in [0.5, 0.6) is 0 Å². The smallest absolute Gasteiger partial charge is 0.411 e. The molecule has 0 radical (unpaired) electrons. The summed E-state index contributed by atoms with van der Waals surface area (Å²) in [6, 6.07) is 6.40. The number of ether oxygens (including phenoxy) is 1. The number of nitrogens with zero attached hydrogens (tertiary/aromatic N) is 2. The number of fused-ring (bicyclic) bond motifs is 2. The number of rotatable bonds is 1. The first-order valence-electron chi connectivity index (χ1n) is 8.20. The van der Waals surface area contributed by atoms with Crippen molar-refractivity contribution in [3.05, 3.63) is 41.2 Å². The third-order valence-corrected chi connectivity index (χ3v) is 4.45. The Balaban J connectivity index is 1.88. The van der Waals surface area contributed by atoms with Gasteiger partial charge in [0.25, 0.3) is 0 Å². The van der Waals surface area contributed by atoms with Gasteiger partial charge in [0.05, 0.1) is 17.7 Å². The predicted octanol–water partition coefficient (Wildman–Crippen LogP) is 4.25. The van der Waals surface area contributed by atoms with E-state index in [1.807, 2.05) is 31.7 Å². The largest absolute Gasteiger partial charge is 0.444 e. The molecule has 1 aromatic rings. The van der Waals surface area contributed by atoms with E-state index in [0.717, 1.165) is 24.0 Å². The molecule has 0 N–H and O–H groups in total. The predicted molar refractivity (Wildman–Crippen MR) is 88.6 cm³/mol. The van der Waals surface area contributed by atoms with Gasteiger partial charge in [-0.05, 0) is 63.3 Å². The molecule has 2 bridgehead atoms. The highest BCUT2D eigenvalue weighted by molar-refractivity contribution is 5.77. The quantitative estimate of drug-likeness (QED) is 0.774. The highest BCUT2D eigenvalue weighted by Gasteiger charge is 2.41. The van der Waals surface area contributed by atoms with Crippen molar-refractivity contribution < 1.29 is 13.9 Å². The first-order chi connectivity index (χ1) is 11.3. The first-order valence-corrected chi connectivity index (χ1v) is 8.20. The van der Waals surface area contributed by atoms with Gasteiger partial charge in [-0.15, -0.1) is 0 Å². The van der Waals surface area contributed by atoms with Gasteiger partial charge in [-0.25, -0.2) is 9.18 Å². The van der Waals surface area contributed by atoms with E-state index in [1.54, 1.807) is 6.07 Å². The molecule has 1 aromatic carbocycles. The fourth-order valence-corrected chi connectivity index (χ4v) is 3.52. The van der Waals surface area contributed by atoms with Crippen molar-refractivity contribution in [3.63, 3.8) is 0 Å². The minimum Gasteiger partial charge on any atom is -0.444 e. The molecule has 2 unspecified atom stereocenters. The fourth-order valence-electron chi connectivity index (χ4n) is 3.52. The number of halogens is 1. The Labute approximate surface area is 141 Å². The summed E-state index contributed by atoms with van der Waals surface area (Å²) < 4.78 is 18.9. The zero-order valence-electron chi connectivity index (χ0n) is 14.2. The van der Waals surface area contributed by atoms with Crippen LogP contribution in [0.1, 0.15) is 51.2 Å². The topological polar surface area (TPSA) is 53.3 Å². The molecule has 0 saturated carbocycles. The number of amides is 1. The van der Waals surface area contributed by atoms with Gasteiger partial charge in [0.15, 0.2) is 0 Å². The first kappa shape index (κ1) is 16.5. The minimum absolute atomic E-state index is 0.0230. The summed E-state index contributed by atoms with van der Waals surface area (Å²) in [5.41, 5.74) is 1.59. The summed E-state index contributed by atoms with van der Waals surface area (Å²) in [6.07, 6.45) is 4.20. The van der Waals surface area contributed by atoms with Crippen LogP contribution >= 0.6 is 0 Å². The monoisotopic (exact) mass is 328 g/mol. The number of carbonyl (C=O) groups excluding carboxylic acids is 1. The Hall–Kier alpha value is -2.35. The molecular weight excluding hydrogens is 307 g/mol. The average Bonchev–Trinajstić information content (AvgIpc) is 2.76. The van der Waals surface area contributed by atoms with Crippen LogP contribution in [0.3, 0.4) is 0 Å². The lowest BCUT2D eigenvalue weighted by Crippen LogP contribution is -2.45. The van der Waals surface area contributed by atoms with Crippen LogP contribution in [0.4, 0.5) is 9.18 Å². The van der Waals surface area contributed by atoms with Crippen molar-refractivity contribution in [1.29, 1.82) is 5.26 Å². The van der Waals surface area contributed by atoms with Gasteiger partial charge in [-0.1, -0.05) is 12.1 Å². The van der Waals surface area contributed by atoms with E-state index in [1.165, 1.54) is 12.1 Å². The lowest BCUT2D eigenvalue weighted by atomic mass is 9.92. The van der Waals surface area contributed by atoms with Crippen LogP contribution < -0.4 is 0 Å². The number of carbonyl (C=O) groups is 1. The van der Waals surface area contributed by atoms with Crippen molar-refractivity contribution in [2.75, 3.05) is 0 Å². The summed E-state index contributed by atoms with van der Waals surface area (Å²) >= 11 is 0. The second-order valence-electron chi connectivity index (χ2n) is 7.38. The van der Waals surface area contributed by atoms with Crippen LogP contribution in [-0.2, 0) is 4.74 Å². The van der Waals surface area contributed by atoms with Gasteiger partial charge in [0.2, 0.25) is 0 Å². The molecule has 2 heterocycles. The molecule has 3 rings (SSSR count). The van der Waals surface area contributed by atoms with Gasteiger partial charge in [-0.2, -0.15) is 5.26 Å². The lowest BCUT2D eigenvalue weighted by molar-refractivity contribution is 0.0175. The number of hydrogen-bond acceptors (Lipinski definition) is 3. The van der Waals surface area contributed by atoms with Gasteiger partial charge < -0.3 is 4.74 Å². The molecule has 2 aliphatic heterocycles. The maximum Gasteiger partial charge on any atom is 0.411 e. The molecule has 0 aliphatic carbocycles. The van der Waals surface area contributed by atoms with E-state index in [9.17, 15) is 14.4 Å². The Morgan fingerprint density at radius 2 is 2.12 bits per heavy atom. The molecule has 126 valence electrons. The van der Waals surface area contributed by atoms with Gasteiger partial charge in [0, 0.05) is 6.04 Å². The molecule has 4 nitrogen and oxygen atoms in total. The standard InChI is InChI=1S/C19H21FN2O2/c1-19(2,3)24-18(23)22-15-5-6-16(22)10-12(9-15)17-7-4-14(20)8-13(17)11-21/h4,7-9,15-16H,5-6,10H2,1-3H3. The summed E-state index contributed by atoms with van der Waals surface area (Å²) in [6.45, 7) is 5.57. The third-order valence-electron chi connectivity index (χ3n) is 4.45. The Bertz CT molecular complexity index is 743. The Kier molecular flexibility index (Phi) is 4.08. The van der Waals surface area contributed by atoms with Crippen LogP contribution in [0.2, 0.25) is 0 Å². The summed E-state index contributed by atoms with van der Waals surface area (Å²) in [5.74, 6) is -0.412. The van der Waals surface area contributed by atoms with Crippen molar-refractivity contribution in [2.45, 2.75) is 57.7 Å². The molecule has 0 aromatic heterocycles. The Morgan fingerprint density at radius 3 is 2.75 bits per heavy atom. The van der Waals surface area contributed by atoms with Crippen molar-refractivity contribution in [3.8, 4) is 6.07 Å². The molecule has 2 aliphatic rings. The molecule has 24 heavy (non-hydrogen) atoms. The van der Waals surface area contributed by atoms with Crippen molar-refractivity contribution in [1.82, 2.24) is 4.90 Å². The molecule has 2 atom stereocenters. The van der Waals surface area contributed by atoms with E-state index in [2.05, 4.69) is 6.07 Å². The summed E-state index contributed by atoms with van der Waals surface area (Å²) in [4.78, 5) is 14.3. The van der Waals surface area contributed by atoms with E-state index in [0.29, 0.717) is 12.0 Å². The van der Waals surface area contributed by atoms with E-state index in [4.69, 9.17) is 4.74 Å². The number of nitriles is 1. The molecule has 1 amide bonds. The van der Waals surface area contributed by atoms with Gasteiger partial charge in [0.1, 0.15) is 11.4 Å². The second-order valence-corrected chi connectivity index (χ2v) is 7.38. The summed E-state index contributed by atoms with van der Waals surface area (Å²) in [7, 11) is 0. The van der Waals surface area contributed by atoms with E-state index < -0.39 is 11.4 Å². The van der Waals surface area contributed by atoms with Crippen LogP contribution in [-0.4, -0.2) is 28.7 Å². The third kappa shape index (κ3) is 3.14. The number of hydrogen-bond donors (Lipinski definition) is 0. The maximum atomic E-state index is 13.4. The highest BCUT2D eigenvalue weighted by atomic mass is 19.1. The average molecular weight is 328 g/mol. The van der Waals surface area contributed by atoms with Crippen LogP contribution in [0, 0.1) is 17.1 Å². The van der Waals surface area contributed by atoms with Gasteiger partial charge >= 0.3 is 6.09 Å². The maximum absolute atomic E-state index is 13.4. The summed E-state index contributed by atoms with van der Waals surface area (Å²) in [5, 5.41) is 9.26. The number of benzene rings is 1.